The number of aromatic nitrogens is 5. The van der Waals surface area contributed by atoms with E-state index in [9.17, 15) is 0 Å². The second-order valence-corrected chi connectivity index (χ2v) is 5.59. The summed E-state index contributed by atoms with van der Waals surface area (Å²) in [4.78, 5) is 4.49. The van der Waals surface area contributed by atoms with E-state index in [4.69, 9.17) is 0 Å². The average Bonchev–Trinajstić information content (AvgIpc) is 3.02. The van der Waals surface area contributed by atoms with Crippen LogP contribution in [0.4, 0.5) is 5.69 Å². The molecule has 0 saturated heterocycles. The van der Waals surface area contributed by atoms with E-state index in [2.05, 4.69) is 50.7 Å². The minimum absolute atomic E-state index is 0.689. The Labute approximate surface area is 133 Å². The van der Waals surface area contributed by atoms with Crippen LogP contribution in [0.25, 0.3) is 16.6 Å². The monoisotopic (exact) mass is 304 g/mol. The lowest BCUT2D eigenvalue weighted by Crippen LogP contribution is -2.05. The molecule has 1 aromatic carbocycles. The molecule has 0 aliphatic carbocycles. The highest BCUT2D eigenvalue weighted by Gasteiger charge is 2.08. The summed E-state index contributed by atoms with van der Waals surface area (Å²) in [5.41, 5.74) is 5.99. The number of rotatable bonds is 3. The summed E-state index contributed by atoms with van der Waals surface area (Å²) in [7, 11) is 0. The fourth-order valence-electron chi connectivity index (χ4n) is 2.80. The summed E-state index contributed by atoms with van der Waals surface area (Å²) >= 11 is 0. The summed E-state index contributed by atoms with van der Waals surface area (Å²) in [6.45, 7) is 4.72. The van der Waals surface area contributed by atoms with E-state index in [-0.39, 0.29) is 0 Å². The SMILES string of the molecule is Cc1cc(NCc2ccc(C)c3ncccc23)c2nncn2n1. The second-order valence-electron chi connectivity index (χ2n) is 5.59. The van der Waals surface area contributed by atoms with Crippen LogP contribution in [0.15, 0.2) is 42.9 Å². The van der Waals surface area contributed by atoms with Gasteiger partial charge < -0.3 is 5.32 Å². The van der Waals surface area contributed by atoms with Crippen molar-refractivity contribution in [1.29, 1.82) is 0 Å². The van der Waals surface area contributed by atoms with E-state index >= 15 is 0 Å². The van der Waals surface area contributed by atoms with E-state index in [1.54, 1.807) is 10.8 Å². The minimum Gasteiger partial charge on any atom is -0.378 e. The van der Waals surface area contributed by atoms with Crippen molar-refractivity contribution >= 4 is 22.2 Å². The van der Waals surface area contributed by atoms with Gasteiger partial charge in [0.05, 0.1) is 16.9 Å². The van der Waals surface area contributed by atoms with E-state index in [0.29, 0.717) is 6.54 Å². The van der Waals surface area contributed by atoms with Gasteiger partial charge in [-0.2, -0.15) is 9.61 Å². The Balaban J connectivity index is 1.72. The Morgan fingerprint density at radius 3 is 3.00 bits per heavy atom. The van der Waals surface area contributed by atoms with Crippen molar-refractivity contribution in [3.63, 3.8) is 0 Å². The molecule has 114 valence electrons. The molecule has 23 heavy (non-hydrogen) atoms. The van der Waals surface area contributed by atoms with Crippen molar-refractivity contribution in [2.75, 3.05) is 5.32 Å². The molecule has 3 aromatic heterocycles. The van der Waals surface area contributed by atoms with Crippen LogP contribution in [0.2, 0.25) is 0 Å². The molecule has 0 aliphatic rings. The van der Waals surface area contributed by atoms with Crippen LogP contribution in [0.1, 0.15) is 16.8 Å². The van der Waals surface area contributed by atoms with E-state index < -0.39 is 0 Å². The van der Waals surface area contributed by atoms with E-state index in [0.717, 1.165) is 22.5 Å². The molecule has 4 rings (SSSR count). The Kier molecular flexibility index (Phi) is 3.15. The number of hydrogen-bond donors (Lipinski definition) is 1. The minimum atomic E-state index is 0.689. The molecule has 6 heteroatoms. The molecule has 0 fully saturated rings. The number of aryl methyl sites for hydroxylation is 2. The highest BCUT2D eigenvalue weighted by Crippen LogP contribution is 2.22. The Bertz CT molecular complexity index is 1000. The maximum absolute atomic E-state index is 4.49. The van der Waals surface area contributed by atoms with Gasteiger partial charge in [0, 0.05) is 18.1 Å². The Morgan fingerprint density at radius 1 is 1.17 bits per heavy atom. The van der Waals surface area contributed by atoms with Crippen LogP contribution in [-0.2, 0) is 6.54 Å². The van der Waals surface area contributed by atoms with Gasteiger partial charge in [0.15, 0.2) is 0 Å². The Hall–Kier alpha value is -3.02. The molecule has 0 aliphatic heterocycles. The summed E-state index contributed by atoms with van der Waals surface area (Å²) in [6.07, 6.45) is 3.44. The van der Waals surface area contributed by atoms with Crippen LogP contribution in [0.5, 0.6) is 0 Å². The van der Waals surface area contributed by atoms with Gasteiger partial charge in [-0.3, -0.25) is 4.98 Å². The van der Waals surface area contributed by atoms with Crippen LogP contribution in [-0.4, -0.2) is 24.8 Å². The summed E-state index contributed by atoms with van der Waals surface area (Å²) in [5, 5.41) is 17.0. The molecule has 1 N–H and O–H groups in total. The molecule has 0 amide bonds. The molecule has 0 spiro atoms. The van der Waals surface area contributed by atoms with Gasteiger partial charge in [-0.15, -0.1) is 10.2 Å². The third-order valence-corrected chi connectivity index (χ3v) is 3.92. The van der Waals surface area contributed by atoms with Crippen molar-refractivity contribution in [3.8, 4) is 0 Å². The molecule has 0 bridgehead atoms. The fraction of sp³-hybridized carbons (Fsp3) is 0.176. The average molecular weight is 304 g/mol. The normalized spacial score (nSPS) is 11.2. The lowest BCUT2D eigenvalue weighted by Gasteiger charge is -2.11. The smallest absolute Gasteiger partial charge is 0.200 e. The molecule has 3 heterocycles. The predicted octanol–water partition coefficient (Wildman–Crippen LogP) is 2.90. The molecule has 4 aromatic rings. The fourth-order valence-corrected chi connectivity index (χ4v) is 2.80. The first-order valence-electron chi connectivity index (χ1n) is 7.47. The van der Waals surface area contributed by atoms with E-state index in [1.807, 2.05) is 25.3 Å². The van der Waals surface area contributed by atoms with Gasteiger partial charge in [0.1, 0.15) is 6.33 Å². The molecule has 0 radical (unpaired) electrons. The number of nitrogens with zero attached hydrogens (tertiary/aromatic N) is 5. The predicted molar refractivity (Wildman–Crippen MR) is 89.3 cm³/mol. The number of fused-ring (bicyclic) bond motifs is 2. The van der Waals surface area contributed by atoms with Crippen molar-refractivity contribution in [2.24, 2.45) is 0 Å². The number of nitrogens with one attached hydrogen (secondary N) is 1. The second kappa shape index (κ2) is 5.31. The topological polar surface area (TPSA) is 68.0 Å². The van der Waals surface area contributed by atoms with Gasteiger partial charge in [0.25, 0.3) is 0 Å². The summed E-state index contributed by atoms with van der Waals surface area (Å²) in [5.74, 6) is 0. The highest BCUT2D eigenvalue weighted by molar-refractivity contribution is 5.85. The van der Waals surface area contributed by atoms with Gasteiger partial charge >= 0.3 is 0 Å². The van der Waals surface area contributed by atoms with Gasteiger partial charge in [-0.25, -0.2) is 0 Å². The van der Waals surface area contributed by atoms with Crippen LogP contribution < -0.4 is 5.32 Å². The number of anilines is 1. The van der Waals surface area contributed by atoms with Crippen molar-refractivity contribution in [1.82, 2.24) is 24.8 Å². The number of hydrogen-bond acceptors (Lipinski definition) is 5. The van der Waals surface area contributed by atoms with Crippen LogP contribution in [0, 0.1) is 13.8 Å². The van der Waals surface area contributed by atoms with Crippen LogP contribution in [0.3, 0.4) is 0 Å². The molecular formula is C17H16N6. The van der Waals surface area contributed by atoms with Crippen molar-refractivity contribution in [3.05, 3.63) is 59.7 Å². The zero-order chi connectivity index (χ0) is 15.8. The van der Waals surface area contributed by atoms with Crippen molar-refractivity contribution in [2.45, 2.75) is 20.4 Å². The molecule has 0 unspecified atom stereocenters. The zero-order valence-electron chi connectivity index (χ0n) is 13.0. The summed E-state index contributed by atoms with van der Waals surface area (Å²) < 4.78 is 1.69. The first kappa shape index (κ1) is 13.6. The first-order chi connectivity index (χ1) is 11.2. The standard InChI is InChI=1S/C17H16N6/c1-11-5-6-13(14-4-3-7-18-16(11)14)9-19-15-8-12(2)22-23-10-20-21-17(15)23/h3-8,10,19H,9H2,1-2H3. The van der Waals surface area contributed by atoms with Crippen LogP contribution >= 0.6 is 0 Å². The maximum atomic E-state index is 4.49. The third-order valence-electron chi connectivity index (χ3n) is 3.92. The number of pyridine rings is 1. The van der Waals surface area contributed by atoms with Gasteiger partial charge in [-0.1, -0.05) is 18.2 Å². The lowest BCUT2D eigenvalue weighted by atomic mass is 10.0. The van der Waals surface area contributed by atoms with Gasteiger partial charge in [0.2, 0.25) is 5.65 Å². The largest absolute Gasteiger partial charge is 0.378 e. The Morgan fingerprint density at radius 2 is 2.09 bits per heavy atom. The highest BCUT2D eigenvalue weighted by atomic mass is 15.3. The lowest BCUT2D eigenvalue weighted by molar-refractivity contribution is 0.892. The van der Waals surface area contributed by atoms with Crippen molar-refractivity contribution < 1.29 is 0 Å². The van der Waals surface area contributed by atoms with E-state index in [1.165, 1.54) is 16.5 Å². The first-order valence-corrected chi connectivity index (χ1v) is 7.47. The zero-order valence-corrected chi connectivity index (χ0v) is 13.0. The third kappa shape index (κ3) is 2.38. The molecule has 6 nitrogen and oxygen atoms in total. The molecule has 0 saturated carbocycles. The summed E-state index contributed by atoms with van der Waals surface area (Å²) in [6, 6.07) is 10.3. The van der Waals surface area contributed by atoms with Gasteiger partial charge in [-0.05, 0) is 37.1 Å². The molecule has 0 atom stereocenters. The molecular weight excluding hydrogens is 288 g/mol. The number of benzene rings is 1. The maximum Gasteiger partial charge on any atom is 0.200 e. The quantitative estimate of drug-likeness (QED) is 0.630.